The molecule has 2 aromatic heterocycles. The number of primary amides is 1. The molecule has 1 unspecified atom stereocenters. The third-order valence-electron chi connectivity index (χ3n) is 5.75. The van der Waals surface area contributed by atoms with Crippen LogP contribution in [0.15, 0.2) is 41.8 Å². The van der Waals surface area contributed by atoms with Crippen LogP contribution >= 0.6 is 22.9 Å². The van der Waals surface area contributed by atoms with Gasteiger partial charge in [-0.15, -0.1) is 11.3 Å². The molecular formula is C23H25N5O4S2. The average molecular weight is 500 g/mol. The lowest BCUT2D eigenvalue weighted by molar-refractivity contribution is -0.123. The second kappa shape index (κ2) is 10.2. The van der Waals surface area contributed by atoms with Crippen LogP contribution in [0, 0.1) is 0 Å². The van der Waals surface area contributed by atoms with E-state index in [4.69, 9.17) is 16.2 Å². The molecule has 5 N–H and O–H groups in total. The number of nitrogens with one attached hydrogen (secondary N) is 1. The summed E-state index contributed by atoms with van der Waals surface area (Å²) in [5, 5.41) is 4.97. The third kappa shape index (κ3) is 4.75. The first-order valence-electron chi connectivity index (χ1n) is 10.8. The Hall–Kier alpha value is -3.44. The number of aromatic nitrogens is 1. The van der Waals surface area contributed by atoms with Gasteiger partial charge in [-0.25, -0.2) is 0 Å². The number of rotatable bonds is 8. The number of ether oxygens (including phenoxy) is 1. The highest BCUT2D eigenvalue weighted by molar-refractivity contribution is 7.10. The zero-order chi connectivity index (χ0) is 24.2. The molecule has 0 aliphatic heterocycles. The van der Waals surface area contributed by atoms with Gasteiger partial charge in [-0.05, 0) is 60.1 Å². The Bertz CT molecular complexity index is 1170. The number of methoxy groups -OCH3 is 1. The number of thiophene rings is 1. The highest BCUT2D eigenvalue weighted by Crippen LogP contribution is 2.35. The van der Waals surface area contributed by atoms with Gasteiger partial charge in [0.15, 0.2) is 11.7 Å². The van der Waals surface area contributed by atoms with E-state index in [1.165, 1.54) is 16.2 Å². The van der Waals surface area contributed by atoms with Crippen molar-refractivity contribution in [2.24, 2.45) is 5.73 Å². The Morgan fingerprint density at radius 1 is 1.18 bits per heavy atom. The monoisotopic (exact) mass is 499 g/mol. The summed E-state index contributed by atoms with van der Waals surface area (Å²) in [5.74, 6) is -1.05. The molecule has 34 heavy (non-hydrogen) atoms. The van der Waals surface area contributed by atoms with Gasteiger partial charge in [-0.1, -0.05) is 18.9 Å². The molecule has 2 heterocycles. The maximum atomic E-state index is 13.9. The van der Waals surface area contributed by atoms with Gasteiger partial charge in [0.25, 0.3) is 11.8 Å². The van der Waals surface area contributed by atoms with Crippen molar-refractivity contribution in [3.05, 3.63) is 57.2 Å². The average Bonchev–Trinajstić information content (AvgIpc) is 3.59. The van der Waals surface area contributed by atoms with E-state index in [9.17, 15) is 14.4 Å². The van der Waals surface area contributed by atoms with Crippen LogP contribution in [0.4, 0.5) is 11.4 Å². The highest BCUT2D eigenvalue weighted by atomic mass is 32.1. The SMILES string of the molecule is COc1ccc(N(C(=O)c2snc(C(N)=O)c2N)C(C(=O)NC2CCCC2)c2cccs2)cc1. The number of hydrogen-bond donors (Lipinski definition) is 3. The first-order valence-corrected chi connectivity index (χ1v) is 12.4. The number of hydrogen-bond acceptors (Lipinski definition) is 8. The Morgan fingerprint density at radius 3 is 2.44 bits per heavy atom. The summed E-state index contributed by atoms with van der Waals surface area (Å²) in [6.07, 6.45) is 3.93. The number of carbonyl (C=O) groups is 3. The molecule has 1 fully saturated rings. The molecule has 0 radical (unpaired) electrons. The van der Waals surface area contributed by atoms with Gasteiger partial charge in [0.1, 0.15) is 10.6 Å². The van der Waals surface area contributed by atoms with E-state index >= 15 is 0 Å². The van der Waals surface area contributed by atoms with E-state index in [0.717, 1.165) is 37.2 Å². The van der Waals surface area contributed by atoms with Crippen molar-refractivity contribution in [3.8, 4) is 5.75 Å². The fourth-order valence-electron chi connectivity index (χ4n) is 4.04. The number of benzene rings is 1. The summed E-state index contributed by atoms with van der Waals surface area (Å²) in [4.78, 5) is 41.3. The summed E-state index contributed by atoms with van der Waals surface area (Å²) in [5.41, 5.74) is 11.6. The van der Waals surface area contributed by atoms with Gasteiger partial charge in [0, 0.05) is 16.6 Å². The molecule has 11 heteroatoms. The van der Waals surface area contributed by atoms with Crippen LogP contribution in [0.3, 0.4) is 0 Å². The molecule has 0 spiro atoms. The van der Waals surface area contributed by atoms with Crippen molar-refractivity contribution in [1.29, 1.82) is 0 Å². The van der Waals surface area contributed by atoms with Crippen molar-refractivity contribution in [1.82, 2.24) is 9.69 Å². The standard InChI is InChI=1S/C23H25N5O4S2/c1-32-15-10-8-14(9-11-15)28(23(31)20-17(24)18(21(25)29)27-34-20)19(16-7-4-12-33-16)22(30)26-13-5-2-3-6-13/h4,7-13,19H,2-3,5-6,24H2,1H3,(H2,25,29)(H,26,30). The summed E-state index contributed by atoms with van der Waals surface area (Å²) in [7, 11) is 1.55. The van der Waals surface area contributed by atoms with E-state index in [-0.39, 0.29) is 28.2 Å². The zero-order valence-electron chi connectivity index (χ0n) is 18.5. The molecule has 1 aromatic carbocycles. The van der Waals surface area contributed by atoms with Crippen LogP contribution in [0.5, 0.6) is 5.75 Å². The molecule has 1 saturated carbocycles. The smallest absolute Gasteiger partial charge is 0.273 e. The maximum Gasteiger partial charge on any atom is 0.273 e. The number of nitrogens with two attached hydrogens (primary N) is 2. The number of nitrogen functional groups attached to an aromatic ring is 1. The number of amides is 3. The molecule has 9 nitrogen and oxygen atoms in total. The Morgan fingerprint density at radius 2 is 1.88 bits per heavy atom. The lowest BCUT2D eigenvalue weighted by Gasteiger charge is -2.31. The maximum absolute atomic E-state index is 13.9. The van der Waals surface area contributed by atoms with Gasteiger partial charge in [0.2, 0.25) is 5.91 Å². The molecule has 178 valence electrons. The van der Waals surface area contributed by atoms with Gasteiger partial charge in [0.05, 0.1) is 12.8 Å². The molecule has 1 aliphatic carbocycles. The minimum Gasteiger partial charge on any atom is -0.497 e. The van der Waals surface area contributed by atoms with E-state index in [1.54, 1.807) is 31.4 Å². The Balaban J connectivity index is 1.80. The Kier molecular flexibility index (Phi) is 7.13. The fourth-order valence-corrected chi connectivity index (χ4v) is 5.59. The van der Waals surface area contributed by atoms with E-state index in [2.05, 4.69) is 9.69 Å². The molecule has 3 amide bonds. The summed E-state index contributed by atoms with van der Waals surface area (Å²) < 4.78 is 9.22. The summed E-state index contributed by atoms with van der Waals surface area (Å²) >= 11 is 2.16. The zero-order valence-corrected chi connectivity index (χ0v) is 20.2. The van der Waals surface area contributed by atoms with Gasteiger partial charge >= 0.3 is 0 Å². The van der Waals surface area contributed by atoms with Crippen molar-refractivity contribution in [2.45, 2.75) is 37.8 Å². The topological polar surface area (TPSA) is 141 Å². The normalized spacial score (nSPS) is 14.5. The lowest BCUT2D eigenvalue weighted by atomic mass is 10.1. The minimum atomic E-state index is -0.944. The minimum absolute atomic E-state index is 0.0415. The molecule has 1 atom stereocenters. The molecule has 0 bridgehead atoms. The van der Waals surface area contributed by atoms with E-state index < -0.39 is 17.9 Å². The first-order chi connectivity index (χ1) is 16.4. The van der Waals surface area contributed by atoms with Crippen LogP contribution in [0.1, 0.15) is 56.8 Å². The van der Waals surface area contributed by atoms with Crippen LogP contribution in [-0.4, -0.2) is 35.2 Å². The van der Waals surface area contributed by atoms with Gasteiger partial charge in [-0.3, -0.25) is 19.3 Å². The van der Waals surface area contributed by atoms with Crippen molar-refractivity contribution >= 4 is 52.0 Å². The molecular weight excluding hydrogens is 474 g/mol. The lowest BCUT2D eigenvalue weighted by Crippen LogP contribution is -2.46. The predicted octanol–water partition coefficient (Wildman–Crippen LogP) is 3.34. The predicted molar refractivity (Wildman–Crippen MR) is 132 cm³/mol. The molecule has 0 saturated heterocycles. The second-order valence-corrected chi connectivity index (χ2v) is 9.67. The second-order valence-electron chi connectivity index (χ2n) is 7.92. The van der Waals surface area contributed by atoms with Crippen molar-refractivity contribution in [2.75, 3.05) is 17.7 Å². The highest BCUT2D eigenvalue weighted by Gasteiger charge is 2.37. The van der Waals surface area contributed by atoms with Crippen LogP contribution in [-0.2, 0) is 4.79 Å². The van der Waals surface area contributed by atoms with Crippen LogP contribution in [0.2, 0.25) is 0 Å². The molecule has 1 aliphatic rings. The van der Waals surface area contributed by atoms with Gasteiger partial charge in [-0.2, -0.15) is 4.37 Å². The van der Waals surface area contributed by atoms with E-state index in [1.807, 2.05) is 17.5 Å². The third-order valence-corrected chi connectivity index (χ3v) is 7.52. The van der Waals surface area contributed by atoms with Crippen LogP contribution in [0.25, 0.3) is 0 Å². The number of anilines is 2. The van der Waals surface area contributed by atoms with Crippen molar-refractivity contribution < 1.29 is 19.1 Å². The first kappa shape index (κ1) is 23.7. The number of carbonyl (C=O) groups excluding carboxylic acids is 3. The Labute approximate surface area is 204 Å². The molecule has 4 rings (SSSR count). The van der Waals surface area contributed by atoms with Crippen LogP contribution < -0.4 is 26.4 Å². The molecule has 3 aromatic rings. The van der Waals surface area contributed by atoms with E-state index in [0.29, 0.717) is 16.3 Å². The summed E-state index contributed by atoms with van der Waals surface area (Å²) in [6, 6.07) is 9.59. The number of nitrogens with zero attached hydrogens (tertiary/aromatic N) is 2. The summed E-state index contributed by atoms with van der Waals surface area (Å²) in [6.45, 7) is 0. The van der Waals surface area contributed by atoms with Crippen molar-refractivity contribution in [3.63, 3.8) is 0 Å². The fraction of sp³-hybridized carbons (Fsp3) is 0.304. The largest absolute Gasteiger partial charge is 0.497 e. The quantitative estimate of drug-likeness (QED) is 0.434. The van der Waals surface area contributed by atoms with Gasteiger partial charge < -0.3 is 21.5 Å².